The van der Waals surface area contributed by atoms with Crippen molar-refractivity contribution in [3.05, 3.63) is 23.4 Å². The first-order valence-corrected chi connectivity index (χ1v) is 9.76. The molecule has 25 heavy (non-hydrogen) atoms. The van der Waals surface area contributed by atoms with Gasteiger partial charge >= 0.3 is 0 Å². The molecule has 0 aromatic heterocycles. The number of hydrogen-bond donors (Lipinski definition) is 4. The molecular formula is C21H32N2O2. The van der Waals surface area contributed by atoms with Gasteiger partial charge in [-0.05, 0) is 78.6 Å². The van der Waals surface area contributed by atoms with Gasteiger partial charge in [-0.15, -0.1) is 0 Å². The summed E-state index contributed by atoms with van der Waals surface area (Å²) in [5.74, 6) is 0.901. The Morgan fingerprint density at radius 2 is 1.88 bits per heavy atom. The molecule has 6 unspecified atom stereocenters. The Balaban J connectivity index is 1.77. The van der Waals surface area contributed by atoms with Crippen LogP contribution in [0, 0.1) is 39.9 Å². The van der Waals surface area contributed by atoms with Gasteiger partial charge in [0.25, 0.3) is 0 Å². The van der Waals surface area contributed by atoms with Gasteiger partial charge in [-0.25, -0.2) is 0 Å². The Bertz CT molecular complexity index is 656. The van der Waals surface area contributed by atoms with Gasteiger partial charge in [-0.1, -0.05) is 26.0 Å². The zero-order chi connectivity index (χ0) is 18.1. The lowest BCUT2D eigenvalue weighted by Gasteiger charge is -2.62. The van der Waals surface area contributed by atoms with Crippen molar-refractivity contribution in [2.75, 3.05) is 0 Å². The molecule has 0 heterocycles. The molecule has 4 nitrogen and oxygen atoms in total. The number of fused-ring (bicyclic) bond motifs is 5. The number of nitrogens with one attached hydrogen (secondary N) is 1. The minimum Gasteiger partial charge on any atom is -0.402 e. The van der Waals surface area contributed by atoms with Crippen LogP contribution >= 0.6 is 0 Å². The van der Waals surface area contributed by atoms with Gasteiger partial charge < -0.3 is 21.4 Å². The highest BCUT2D eigenvalue weighted by Crippen LogP contribution is 2.67. The van der Waals surface area contributed by atoms with E-state index in [2.05, 4.69) is 20.4 Å². The lowest BCUT2D eigenvalue weighted by atomic mass is 9.44. The zero-order valence-electron chi connectivity index (χ0n) is 15.5. The van der Waals surface area contributed by atoms with Crippen molar-refractivity contribution in [1.82, 2.24) is 0 Å². The molecule has 0 spiro atoms. The second-order valence-corrected chi connectivity index (χ2v) is 9.56. The van der Waals surface area contributed by atoms with E-state index in [1.165, 1.54) is 11.8 Å². The highest BCUT2D eigenvalue weighted by molar-refractivity contribution is 5.77. The van der Waals surface area contributed by atoms with Crippen LogP contribution in [0.3, 0.4) is 0 Å². The predicted molar refractivity (Wildman–Crippen MR) is 99.0 cm³/mol. The third-order valence-electron chi connectivity index (χ3n) is 8.74. The molecule has 8 atom stereocenters. The smallest absolute Gasteiger partial charge is 0.0839 e. The normalized spacial score (nSPS) is 52.4. The summed E-state index contributed by atoms with van der Waals surface area (Å²) in [6.45, 7) is 8.92. The average Bonchev–Trinajstić information content (AvgIpc) is 2.89. The number of allylic oxidation sites excluding steroid dienone is 3. The lowest BCUT2D eigenvalue weighted by molar-refractivity contribution is -0.200. The summed E-state index contributed by atoms with van der Waals surface area (Å²) in [5, 5.41) is 29.8. The molecule has 0 bridgehead atoms. The van der Waals surface area contributed by atoms with E-state index >= 15 is 0 Å². The van der Waals surface area contributed by atoms with E-state index in [1.54, 1.807) is 0 Å². The topological polar surface area (TPSA) is 90.3 Å². The van der Waals surface area contributed by atoms with E-state index < -0.39 is 12.2 Å². The summed E-state index contributed by atoms with van der Waals surface area (Å²) in [7, 11) is 0. The van der Waals surface area contributed by atoms with Crippen molar-refractivity contribution in [2.24, 2.45) is 40.2 Å². The fourth-order valence-electron chi connectivity index (χ4n) is 7.13. The molecule has 4 aliphatic rings. The first-order chi connectivity index (χ1) is 11.7. The van der Waals surface area contributed by atoms with Crippen LogP contribution < -0.4 is 5.73 Å². The summed E-state index contributed by atoms with van der Waals surface area (Å²) in [6.07, 6.45) is 5.66. The number of hydrogen-bond acceptors (Lipinski definition) is 4. The van der Waals surface area contributed by atoms with E-state index in [0.717, 1.165) is 43.4 Å². The average molecular weight is 344 g/mol. The van der Waals surface area contributed by atoms with Crippen LogP contribution in [0.25, 0.3) is 0 Å². The molecule has 4 heteroatoms. The van der Waals surface area contributed by atoms with Gasteiger partial charge in [0.2, 0.25) is 0 Å². The number of aliphatic hydroxyl groups excluding tert-OH is 2. The highest BCUT2D eigenvalue weighted by Gasteiger charge is 2.63. The maximum Gasteiger partial charge on any atom is 0.0839 e. The predicted octanol–water partition coefficient (Wildman–Crippen LogP) is 3.00. The first-order valence-electron chi connectivity index (χ1n) is 9.76. The SMILES string of the molecule is C=C1CCC2C3C(O)[C@H](O)C4CC(N)=C(C=N)CC4(C)[C@H]3CCC12C. The van der Waals surface area contributed by atoms with Gasteiger partial charge in [-0.2, -0.15) is 0 Å². The number of aliphatic hydroxyl groups is 2. The zero-order valence-corrected chi connectivity index (χ0v) is 15.5. The van der Waals surface area contributed by atoms with Crippen molar-refractivity contribution >= 4 is 6.21 Å². The van der Waals surface area contributed by atoms with Gasteiger partial charge in [0.15, 0.2) is 0 Å². The van der Waals surface area contributed by atoms with Crippen LogP contribution in [0.1, 0.15) is 52.4 Å². The van der Waals surface area contributed by atoms with Gasteiger partial charge in [0.1, 0.15) is 0 Å². The van der Waals surface area contributed by atoms with E-state index in [-0.39, 0.29) is 22.7 Å². The van der Waals surface area contributed by atoms with Crippen molar-refractivity contribution in [2.45, 2.75) is 64.6 Å². The number of nitrogens with two attached hydrogens (primary N) is 1. The van der Waals surface area contributed by atoms with Crippen molar-refractivity contribution in [3.8, 4) is 0 Å². The fraction of sp³-hybridized carbons (Fsp3) is 0.762. The van der Waals surface area contributed by atoms with Crippen LogP contribution in [0.2, 0.25) is 0 Å². The molecule has 4 aliphatic carbocycles. The molecule has 138 valence electrons. The van der Waals surface area contributed by atoms with E-state index in [9.17, 15) is 10.2 Å². The van der Waals surface area contributed by atoms with Gasteiger partial charge in [-0.3, -0.25) is 0 Å². The molecule has 0 amide bonds. The van der Waals surface area contributed by atoms with Gasteiger partial charge in [0, 0.05) is 11.9 Å². The van der Waals surface area contributed by atoms with E-state index in [4.69, 9.17) is 11.1 Å². The largest absolute Gasteiger partial charge is 0.402 e. The Hall–Kier alpha value is -1.13. The van der Waals surface area contributed by atoms with Crippen LogP contribution in [-0.4, -0.2) is 28.6 Å². The molecule has 0 radical (unpaired) electrons. The Morgan fingerprint density at radius 3 is 2.56 bits per heavy atom. The Morgan fingerprint density at radius 1 is 1.16 bits per heavy atom. The summed E-state index contributed by atoms with van der Waals surface area (Å²) < 4.78 is 0. The van der Waals surface area contributed by atoms with Crippen molar-refractivity contribution in [1.29, 1.82) is 5.41 Å². The second-order valence-electron chi connectivity index (χ2n) is 9.56. The summed E-state index contributed by atoms with van der Waals surface area (Å²) in [4.78, 5) is 0. The molecule has 5 N–H and O–H groups in total. The maximum absolute atomic E-state index is 11.1. The van der Waals surface area contributed by atoms with Crippen molar-refractivity contribution in [3.63, 3.8) is 0 Å². The molecular weight excluding hydrogens is 312 g/mol. The molecule has 3 saturated carbocycles. The van der Waals surface area contributed by atoms with E-state index in [0.29, 0.717) is 18.3 Å². The lowest BCUT2D eigenvalue weighted by Crippen LogP contribution is -2.63. The fourth-order valence-corrected chi connectivity index (χ4v) is 7.13. The van der Waals surface area contributed by atoms with Crippen LogP contribution in [0.5, 0.6) is 0 Å². The van der Waals surface area contributed by atoms with Crippen LogP contribution in [-0.2, 0) is 0 Å². The molecule has 0 aromatic carbocycles. The first kappa shape index (κ1) is 17.3. The molecule has 0 aliphatic heterocycles. The summed E-state index contributed by atoms with van der Waals surface area (Å²) in [5.41, 5.74) is 9.17. The molecule has 0 saturated heterocycles. The monoisotopic (exact) mass is 344 g/mol. The Kier molecular flexibility index (Phi) is 3.76. The second kappa shape index (κ2) is 5.43. The molecule has 3 fully saturated rings. The van der Waals surface area contributed by atoms with E-state index in [1.807, 2.05) is 0 Å². The molecule has 4 rings (SSSR count). The molecule has 0 aromatic rings. The third kappa shape index (κ3) is 2.10. The minimum absolute atomic E-state index is 0.0126. The van der Waals surface area contributed by atoms with Crippen molar-refractivity contribution < 1.29 is 10.2 Å². The summed E-state index contributed by atoms with van der Waals surface area (Å²) >= 11 is 0. The Labute approximate surface area is 150 Å². The summed E-state index contributed by atoms with van der Waals surface area (Å²) in [6, 6.07) is 0. The standard InChI is InChI=1S/C21H32N2O2/c1-11-4-5-13-17-14(6-7-20(11,13)2)21(3)9-12(10-22)16(23)8-15(21)18(24)19(17)25/h10,13-15,17-19,22,24-25H,1,4-9,23H2,2-3H3/t13?,14-,15?,17?,18+,19?,20?,21?/m0/s1. The third-order valence-corrected chi connectivity index (χ3v) is 8.74. The van der Waals surface area contributed by atoms with Gasteiger partial charge in [0.05, 0.1) is 12.2 Å². The van der Waals surface area contributed by atoms with Crippen LogP contribution in [0.15, 0.2) is 23.4 Å². The van der Waals surface area contributed by atoms with Crippen LogP contribution in [0.4, 0.5) is 0 Å². The minimum atomic E-state index is -0.728. The highest BCUT2D eigenvalue weighted by atomic mass is 16.3. The maximum atomic E-state index is 11.1. The quantitative estimate of drug-likeness (QED) is 0.435. The number of rotatable bonds is 1.